The maximum Gasteiger partial charge on any atom is 0.316 e. The number of unbranched alkanes of at least 4 members (excludes halogenated alkanes) is 13. The van der Waals surface area contributed by atoms with Crippen molar-refractivity contribution < 1.29 is 38.1 Å². The van der Waals surface area contributed by atoms with Crippen LogP contribution in [0.5, 0.6) is 5.75 Å². The number of rotatable bonds is 20. The van der Waals surface area contributed by atoms with E-state index in [4.69, 9.17) is 16.3 Å². The summed E-state index contributed by atoms with van der Waals surface area (Å²) in [6.07, 6.45) is 20.8. The molecule has 0 bridgehead atoms. The fourth-order valence-corrected chi connectivity index (χ4v) is 4.74. The van der Waals surface area contributed by atoms with Gasteiger partial charge in [0.25, 0.3) is 5.69 Å². The van der Waals surface area contributed by atoms with Gasteiger partial charge in [-0.2, -0.15) is 4.57 Å². The second kappa shape index (κ2) is 21.6. The number of carbonyl (C=O) groups is 1. The van der Waals surface area contributed by atoms with Crippen molar-refractivity contribution in [3.05, 3.63) is 58.9 Å². The van der Waals surface area contributed by atoms with E-state index in [0.717, 1.165) is 18.5 Å². The summed E-state index contributed by atoms with van der Waals surface area (Å²) in [5.41, 5.74) is 1.61. The van der Waals surface area contributed by atoms with Gasteiger partial charge in [-0.3, -0.25) is 4.79 Å². The van der Waals surface area contributed by atoms with Crippen molar-refractivity contribution in [3.63, 3.8) is 0 Å². The Morgan fingerprint density at radius 2 is 1.43 bits per heavy atom. The molecule has 6 heteroatoms. The molecule has 1 heterocycles. The molecule has 2 rings (SSSR count). The number of hydrogen-bond acceptors (Lipinski definition) is 2. The van der Waals surface area contributed by atoms with E-state index in [0.29, 0.717) is 29.6 Å². The molecule has 1 aromatic heterocycles. The van der Waals surface area contributed by atoms with E-state index in [9.17, 15) is 4.79 Å². The first-order valence-corrected chi connectivity index (χ1v) is 14.7. The molecule has 0 aliphatic rings. The van der Waals surface area contributed by atoms with Crippen LogP contribution in [0.4, 0.5) is 0 Å². The highest BCUT2D eigenvalue weighted by Gasteiger charge is 2.16. The minimum Gasteiger partial charge on any atom is -1.00 e. The maximum absolute atomic E-state index is 12.5. The van der Waals surface area contributed by atoms with Gasteiger partial charge < -0.3 is 34.0 Å². The van der Waals surface area contributed by atoms with Crippen LogP contribution in [0.1, 0.15) is 120 Å². The molecule has 0 fully saturated rings. The fourth-order valence-electron chi connectivity index (χ4n) is 4.48. The molecule has 0 aliphatic carbocycles. The normalized spacial score (nSPS) is 10.7. The highest BCUT2D eigenvalue weighted by Crippen LogP contribution is 2.26. The molecule has 0 atom stereocenters. The number of aromatic nitrogens is 1. The highest BCUT2D eigenvalue weighted by molar-refractivity contribution is 6.32. The SMILES string of the molecule is CCCCCCCCCCCCCCCCOc1ccc(CNC(=O)c2cccc[n+]2CC)cc1Cl.[I-]. The number of hydrogen-bond donors (Lipinski definition) is 1. The van der Waals surface area contributed by atoms with Crippen LogP contribution in [0, 0.1) is 0 Å². The Kier molecular flexibility index (Phi) is 19.6. The van der Waals surface area contributed by atoms with Gasteiger partial charge in [0.05, 0.1) is 11.6 Å². The Balaban J connectivity index is 0.00000684. The first-order valence-electron chi connectivity index (χ1n) is 14.3. The molecule has 1 amide bonds. The van der Waals surface area contributed by atoms with E-state index in [1.54, 1.807) is 0 Å². The van der Waals surface area contributed by atoms with Crippen LogP contribution >= 0.6 is 11.6 Å². The molecular weight excluding hydrogens is 595 g/mol. The molecule has 0 spiro atoms. The Morgan fingerprint density at radius 3 is 2.00 bits per heavy atom. The van der Waals surface area contributed by atoms with Crippen molar-refractivity contribution in [3.8, 4) is 5.75 Å². The highest BCUT2D eigenvalue weighted by atomic mass is 127. The van der Waals surface area contributed by atoms with Gasteiger partial charge in [0.1, 0.15) is 12.3 Å². The predicted octanol–water partition coefficient (Wildman–Crippen LogP) is 5.44. The van der Waals surface area contributed by atoms with Crippen LogP contribution < -0.4 is 38.6 Å². The molecule has 0 unspecified atom stereocenters. The number of nitrogens with zero attached hydrogens (tertiary/aromatic N) is 1. The van der Waals surface area contributed by atoms with E-state index in [1.165, 1.54) is 83.5 Å². The zero-order valence-corrected chi connectivity index (χ0v) is 26.0. The zero-order chi connectivity index (χ0) is 25.8. The molecule has 1 N–H and O–H groups in total. The van der Waals surface area contributed by atoms with Gasteiger partial charge in [-0.15, -0.1) is 0 Å². The van der Waals surface area contributed by atoms with Crippen LogP contribution in [0.2, 0.25) is 5.02 Å². The van der Waals surface area contributed by atoms with E-state index in [-0.39, 0.29) is 29.9 Å². The minimum atomic E-state index is -0.0910. The van der Waals surface area contributed by atoms with Crippen LogP contribution in [0.25, 0.3) is 0 Å². The Hall–Kier alpha value is -1.34. The van der Waals surface area contributed by atoms with Crippen LogP contribution in [0.15, 0.2) is 42.6 Å². The molecular formula is C31H48ClIN2O2. The third-order valence-corrected chi connectivity index (χ3v) is 7.01. The average molecular weight is 643 g/mol. The van der Waals surface area contributed by atoms with Crippen molar-refractivity contribution in [1.82, 2.24) is 5.32 Å². The smallest absolute Gasteiger partial charge is 0.316 e. The molecule has 1 aromatic carbocycles. The summed E-state index contributed by atoms with van der Waals surface area (Å²) in [5, 5.41) is 3.57. The van der Waals surface area contributed by atoms with E-state index in [2.05, 4.69) is 12.2 Å². The fraction of sp³-hybridized carbons (Fsp3) is 0.613. The third kappa shape index (κ3) is 14.4. The Labute approximate surface area is 247 Å². The molecule has 0 saturated carbocycles. The summed E-state index contributed by atoms with van der Waals surface area (Å²) in [6, 6.07) is 11.4. The Bertz CT molecular complexity index is 878. The summed E-state index contributed by atoms with van der Waals surface area (Å²) in [7, 11) is 0. The number of pyridine rings is 1. The molecule has 208 valence electrons. The number of ether oxygens (including phenoxy) is 1. The summed E-state index contributed by atoms with van der Waals surface area (Å²) in [4.78, 5) is 12.5. The summed E-state index contributed by atoms with van der Waals surface area (Å²) in [5.74, 6) is 0.625. The molecule has 4 nitrogen and oxygen atoms in total. The molecule has 37 heavy (non-hydrogen) atoms. The van der Waals surface area contributed by atoms with Gasteiger partial charge in [-0.25, -0.2) is 0 Å². The monoisotopic (exact) mass is 642 g/mol. The topological polar surface area (TPSA) is 42.2 Å². The number of aryl methyl sites for hydroxylation is 1. The lowest BCUT2D eigenvalue weighted by Gasteiger charge is -2.10. The first kappa shape index (κ1) is 33.7. The van der Waals surface area contributed by atoms with E-state index < -0.39 is 0 Å². The zero-order valence-electron chi connectivity index (χ0n) is 23.1. The van der Waals surface area contributed by atoms with Gasteiger partial charge in [0.15, 0.2) is 6.20 Å². The lowest BCUT2D eigenvalue weighted by Crippen LogP contribution is -3.00. The number of amides is 1. The van der Waals surface area contributed by atoms with Gasteiger partial charge in [0, 0.05) is 18.7 Å². The Morgan fingerprint density at radius 1 is 0.838 bits per heavy atom. The maximum atomic E-state index is 12.5. The quantitative estimate of drug-likeness (QED) is 0.119. The van der Waals surface area contributed by atoms with Crippen molar-refractivity contribution in [1.29, 1.82) is 0 Å². The van der Waals surface area contributed by atoms with E-state index in [1.807, 2.05) is 54.1 Å². The summed E-state index contributed by atoms with van der Waals surface area (Å²) >= 11 is 6.43. The van der Waals surface area contributed by atoms with Gasteiger partial charge in [-0.05, 0) is 37.1 Å². The van der Waals surface area contributed by atoms with Crippen molar-refractivity contribution in [2.24, 2.45) is 0 Å². The second-order valence-electron chi connectivity index (χ2n) is 9.76. The van der Waals surface area contributed by atoms with E-state index >= 15 is 0 Å². The van der Waals surface area contributed by atoms with Gasteiger partial charge in [0.2, 0.25) is 0 Å². The molecule has 0 radical (unpaired) electrons. The van der Waals surface area contributed by atoms with Crippen LogP contribution in [0.3, 0.4) is 0 Å². The standard InChI is InChI=1S/C31H47ClN2O2.HI/c1-3-5-6-7-8-9-10-11-12-13-14-15-16-19-24-36-30-22-21-27(25-28(30)32)26-33-31(35)29-20-17-18-23-34(29)4-2;/h17-18,20-23,25H,3-16,19,24,26H2,1-2H3;1H. The van der Waals surface area contributed by atoms with Crippen molar-refractivity contribution in [2.45, 2.75) is 117 Å². The van der Waals surface area contributed by atoms with Gasteiger partial charge in [-0.1, -0.05) is 108 Å². The number of halogens is 2. The lowest BCUT2D eigenvalue weighted by molar-refractivity contribution is -0.695. The summed E-state index contributed by atoms with van der Waals surface area (Å²) < 4.78 is 7.83. The average Bonchev–Trinajstić information content (AvgIpc) is 2.90. The largest absolute Gasteiger partial charge is 1.00 e. The summed E-state index contributed by atoms with van der Waals surface area (Å²) in [6.45, 7) is 6.17. The number of benzene rings is 1. The van der Waals surface area contributed by atoms with Crippen molar-refractivity contribution in [2.75, 3.05) is 6.61 Å². The van der Waals surface area contributed by atoms with Crippen LogP contribution in [-0.2, 0) is 13.1 Å². The number of nitrogens with one attached hydrogen (secondary N) is 1. The van der Waals surface area contributed by atoms with Crippen LogP contribution in [-0.4, -0.2) is 12.5 Å². The molecule has 0 aliphatic heterocycles. The minimum absolute atomic E-state index is 0. The predicted molar refractivity (Wildman–Crippen MR) is 151 cm³/mol. The second-order valence-corrected chi connectivity index (χ2v) is 10.2. The molecule has 2 aromatic rings. The lowest BCUT2D eigenvalue weighted by atomic mass is 10.0. The third-order valence-electron chi connectivity index (χ3n) is 6.72. The van der Waals surface area contributed by atoms with Crippen molar-refractivity contribution >= 4 is 17.5 Å². The molecule has 0 saturated heterocycles. The number of carbonyl (C=O) groups excluding carboxylic acids is 1. The van der Waals surface area contributed by atoms with Gasteiger partial charge >= 0.3 is 5.91 Å². The first-order chi connectivity index (χ1) is 17.7.